The van der Waals surface area contributed by atoms with Gasteiger partial charge in [0.2, 0.25) is 0 Å². The van der Waals surface area contributed by atoms with Crippen LogP contribution in [0.25, 0.3) is 0 Å². The van der Waals surface area contributed by atoms with Gasteiger partial charge in [0.05, 0.1) is 6.33 Å². The van der Waals surface area contributed by atoms with Gasteiger partial charge >= 0.3 is 0 Å². The number of nitrogens with zero attached hydrogens (tertiary/aromatic N) is 2. The molecule has 0 radical (unpaired) electrons. The molecule has 0 aliphatic rings. The van der Waals surface area contributed by atoms with E-state index >= 15 is 0 Å². The van der Waals surface area contributed by atoms with Crippen molar-refractivity contribution in [1.82, 2.24) is 14.3 Å². The number of aromatic nitrogens is 2. The summed E-state index contributed by atoms with van der Waals surface area (Å²) in [6.45, 7) is 2.25. The van der Waals surface area contributed by atoms with Gasteiger partial charge in [-0.3, -0.25) is 0 Å². The molecule has 1 aromatic rings. The molecule has 1 unspecified atom stereocenters. The third-order valence-electron chi connectivity index (χ3n) is 2.15. The van der Waals surface area contributed by atoms with E-state index in [1.54, 1.807) is 11.6 Å². The summed E-state index contributed by atoms with van der Waals surface area (Å²) in [5, 5.41) is 0.0266. The lowest BCUT2D eigenvalue weighted by molar-refractivity contribution is 0.550. The van der Waals surface area contributed by atoms with Gasteiger partial charge in [-0.1, -0.05) is 13.3 Å². The van der Waals surface area contributed by atoms with Crippen molar-refractivity contribution in [2.45, 2.75) is 30.8 Å². The highest BCUT2D eigenvalue weighted by Gasteiger charge is 2.17. The van der Waals surface area contributed by atoms with E-state index in [1.165, 1.54) is 12.5 Å². The number of nitrogens with two attached hydrogens (primary N) is 1. The molecule has 0 spiro atoms. The molecule has 1 heterocycles. The molecule has 0 aliphatic carbocycles. The van der Waals surface area contributed by atoms with Gasteiger partial charge in [0, 0.05) is 25.8 Å². The first-order chi connectivity index (χ1) is 7.45. The molecule has 7 heteroatoms. The van der Waals surface area contributed by atoms with Gasteiger partial charge in [-0.05, 0) is 6.42 Å². The first-order valence-corrected chi connectivity index (χ1v) is 6.67. The molecular formula is C9H18N4O2S. The Hall–Kier alpha value is -0.920. The Morgan fingerprint density at radius 1 is 1.62 bits per heavy atom. The minimum atomic E-state index is -3.51. The van der Waals surface area contributed by atoms with Crippen molar-refractivity contribution in [2.24, 2.45) is 12.8 Å². The number of sulfonamides is 1. The molecule has 0 saturated carbocycles. The van der Waals surface area contributed by atoms with Crippen LogP contribution in [0.1, 0.15) is 19.8 Å². The largest absolute Gasteiger partial charge is 0.339 e. The first-order valence-electron chi connectivity index (χ1n) is 5.19. The minimum Gasteiger partial charge on any atom is -0.339 e. The van der Waals surface area contributed by atoms with Crippen molar-refractivity contribution in [1.29, 1.82) is 0 Å². The van der Waals surface area contributed by atoms with Crippen LogP contribution in [0.15, 0.2) is 17.6 Å². The van der Waals surface area contributed by atoms with Gasteiger partial charge in [-0.15, -0.1) is 0 Å². The van der Waals surface area contributed by atoms with Gasteiger partial charge in [0.15, 0.2) is 5.03 Å². The predicted molar refractivity (Wildman–Crippen MR) is 61.3 cm³/mol. The fraction of sp³-hybridized carbons (Fsp3) is 0.667. The fourth-order valence-electron chi connectivity index (χ4n) is 1.29. The standard InChI is InChI=1S/C9H18N4O2S/c1-3-4-8(10)5-12-16(14,15)9-6-13(2)7-11-9/h6-8,12H,3-5,10H2,1-2H3. The van der Waals surface area contributed by atoms with E-state index in [9.17, 15) is 8.42 Å². The van der Waals surface area contributed by atoms with Gasteiger partial charge in [-0.25, -0.2) is 18.1 Å². The van der Waals surface area contributed by atoms with Crippen LogP contribution in [0.2, 0.25) is 0 Å². The maximum atomic E-state index is 11.7. The van der Waals surface area contributed by atoms with Gasteiger partial charge in [-0.2, -0.15) is 0 Å². The van der Waals surface area contributed by atoms with Crippen molar-refractivity contribution in [2.75, 3.05) is 6.54 Å². The van der Waals surface area contributed by atoms with E-state index in [2.05, 4.69) is 9.71 Å². The number of hydrogen-bond donors (Lipinski definition) is 2. The van der Waals surface area contributed by atoms with E-state index < -0.39 is 10.0 Å². The summed E-state index contributed by atoms with van der Waals surface area (Å²) in [5.41, 5.74) is 5.72. The summed E-state index contributed by atoms with van der Waals surface area (Å²) >= 11 is 0. The highest BCUT2D eigenvalue weighted by Crippen LogP contribution is 2.03. The second-order valence-corrected chi connectivity index (χ2v) is 5.49. The molecule has 0 saturated heterocycles. The summed E-state index contributed by atoms with van der Waals surface area (Å²) < 4.78 is 27.5. The summed E-state index contributed by atoms with van der Waals surface area (Å²) in [6, 6.07) is -0.150. The molecule has 3 N–H and O–H groups in total. The zero-order valence-corrected chi connectivity index (χ0v) is 10.4. The van der Waals surface area contributed by atoms with Crippen molar-refractivity contribution in [3.63, 3.8) is 0 Å². The van der Waals surface area contributed by atoms with Crippen LogP contribution in [-0.2, 0) is 17.1 Å². The lowest BCUT2D eigenvalue weighted by Crippen LogP contribution is -2.37. The summed E-state index contributed by atoms with van der Waals surface area (Å²) in [6.07, 6.45) is 4.63. The summed E-state index contributed by atoms with van der Waals surface area (Å²) in [5.74, 6) is 0. The third-order valence-corrected chi connectivity index (χ3v) is 3.46. The number of rotatable bonds is 6. The average Bonchev–Trinajstić information content (AvgIpc) is 2.63. The second kappa shape index (κ2) is 5.42. The van der Waals surface area contributed by atoms with Crippen LogP contribution in [0.4, 0.5) is 0 Å². The second-order valence-electron chi connectivity index (χ2n) is 3.78. The molecule has 92 valence electrons. The highest BCUT2D eigenvalue weighted by atomic mass is 32.2. The Morgan fingerprint density at radius 3 is 2.81 bits per heavy atom. The first kappa shape index (κ1) is 13.1. The molecule has 0 aliphatic heterocycles. The zero-order valence-electron chi connectivity index (χ0n) is 9.55. The van der Waals surface area contributed by atoms with E-state index in [0.717, 1.165) is 12.8 Å². The minimum absolute atomic E-state index is 0.0266. The van der Waals surface area contributed by atoms with E-state index in [-0.39, 0.29) is 17.6 Å². The van der Waals surface area contributed by atoms with Crippen LogP contribution in [0, 0.1) is 0 Å². The molecule has 0 aromatic carbocycles. The molecule has 0 fully saturated rings. The van der Waals surface area contributed by atoms with E-state index in [1.807, 2.05) is 6.92 Å². The zero-order chi connectivity index (χ0) is 12.2. The van der Waals surface area contributed by atoms with Crippen LogP contribution in [0.5, 0.6) is 0 Å². The highest BCUT2D eigenvalue weighted by molar-refractivity contribution is 7.89. The monoisotopic (exact) mass is 246 g/mol. The number of aryl methyl sites for hydroxylation is 1. The predicted octanol–water partition coefficient (Wildman–Crippen LogP) is -0.174. The lowest BCUT2D eigenvalue weighted by atomic mass is 10.2. The topological polar surface area (TPSA) is 90.0 Å². The van der Waals surface area contributed by atoms with Crippen molar-refractivity contribution < 1.29 is 8.42 Å². The SMILES string of the molecule is CCCC(N)CNS(=O)(=O)c1cn(C)cn1. The Balaban J connectivity index is 2.59. The smallest absolute Gasteiger partial charge is 0.259 e. The lowest BCUT2D eigenvalue weighted by Gasteiger charge is -2.10. The Kier molecular flexibility index (Phi) is 4.45. The molecule has 1 rings (SSSR count). The van der Waals surface area contributed by atoms with Crippen LogP contribution >= 0.6 is 0 Å². The van der Waals surface area contributed by atoms with Crippen molar-refractivity contribution >= 4 is 10.0 Å². The van der Waals surface area contributed by atoms with Gasteiger partial charge in [0.25, 0.3) is 10.0 Å². The molecule has 16 heavy (non-hydrogen) atoms. The van der Waals surface area contributed by atoms with Crippen LogP contribution in [-0.4, -0.2) is 30.6 Å². The molecule has 1 aromatic heterocycles. The van der Waals surface area contributed by atoms with E-state index in [4.69, 9.17) is 5.73 Å². The Labute approximate surface area is 95.9 Å². The van der Waals surface area contributed by atoms with Gasteiger partial charge in [0.1, 0.15) is 0 Å². The van der Waals surface area contributed by atoms with Crippen molar-refractivity contribution in [3.05, 3.63) is 12.5 Å². The van der Waals surface area contributed by atoms with Gasteiger partial charge < -0.3 is 10.3 Å². The molecule has 1 atom stereocenters. The third kappa shape index (κ3) is 3.58. The molecule has 0 amide bonds. The number of hydrogen-bond acceptors (Lipinski definition) is 4. The number of imidazole rings is 1. The normalized spacial score (nSPS) is 13.9. The average molecular weight is 246 g/mol. The van der Waals surface area contributed by atoms with Crippen LogP contribution < -0.4 is 10.5 Å². The summed E-state index contributed by atoms with van der Waals surface area (Å²) in [4.78, 5) is 3.78. The quantitative estimate of drug-likeness (QED) is 0.729. The molecular weight excluding hydrogens is 228 g/mol. The Bertz CT molecular complexity index is 426. The number of nitrogens with one attached hydrogen (secondary N) is 1. The Morgan fingerprint density at radius 2 is 2.31 bits per heavy atom. The van der Waals surface area contributed by atoms with E-state index in [0.29, 0.717) is 0 Å². The van der Waals surface area contributed by atoms with Crippen LogP contribution in [0.3, 0.4) is 0 Å². The summed E-state index contributed by atoms with van der Waals surface area (Å²) in [7, 11) is -1.80. The maximum absolute atomic E-state index is 11.7. The molecule has 0 bridgehead atoms. The maximum Gasteiger partial charge on any atom is 0.259 e. The van der Waals surface area contributed by atoms with Crippen molar-refractivity contribution in [3.8, 4) is 0 Å². The molecule has 6 nitrogen and oxygen atoms in total. The fourth-order valence-corrected chi connectivity index (χ4v) is 2.36.